The van der Waals surface area contributed by atoms with Crippen molar-refractivity contribution in [3.8, 4) is 5.75 Å². The first-order chi connectivity index (χ1) is 12.7. The summed E-state index contributed by atoms with van der Waals surface area (Å²) in [6.45, 7) is 4.93. The molecule has 0 aliphatic heterocycles. The van der Waals surface area contributed by atoms with Crippen LogP contribution in [0, 0.1) is 0 Å². The number of carbonyl (C=O) groups excluding carboxylic acids is 1. The van der Waals surface area contributed by atoms with Crippen LogP contribution in [0.1, 0.15) is 37.3 Å². The van der Waals surface area contributed by atoms with Crippen molar-refractivity contribution in [2.75, 3.05) is 19.7 Å². The van der Waals surface area contributed by atoms with Crippen LogP contribution in [-0.2, 0) is 22.5 Å². The zero-order valence-electron chi connectivity index (χ0n) is 15.6. The lowest BCUT2D eigenvalue weighted by atomic mass is 10.1. The lowest BCUT2D eigenvalue weighted by Gasteiger charge is -2.22. The number of phenols is 1. The second-order valence-electron chi connectivity index (χ2n) is 6.40. The van der Waals surface area contributed by atoms with Gasteiger partial charge in [0.2, 0.25) is 0 Å². The van der Waals surface area contributed by atoms with Gasteiger partial charge in [-0.1, -0.05) is 48.5 Å². The Morgan fingerprint density at radius 3 is 2.46 bits per heavy atom. The summed E-state index contributed by atoms with van der Waals surface area (Å²) in [7, 11) is 0. The van der Waals surface area contributed by atoms with E-state index in [1.165, 1.54) is 5.56 Å². The van der Waals surface area contributed by atoms with Crippen LogP contribution in [-0.4, -0.2) is 35.7 Å². The normalized spacial score (nSPS) is 10.8. The average molecular weight is 355 g/mol. The molecule has 4 heteroatoms. The Bertz CT molecular complexity index is 657. The van der Waals surface area contributed by atoms with Crippen LogP contribution in [0.2, 0.25) is 0 Å². The van der Waals surface area contributed by atoms with E-state index in [9.17, 15) is 9.90 Å². The van der Waals surface area contributed by atoms with Gasteiger partial charge in [0.05, 0.1) is 6.61 Å². The number of unbranched alkanes of at least 4 members (excludes halogenated alkanes) is 1. The Balaban J connectivity index is 1.86. The molecule has 2 rings (SSSR count). The highest BCUT2D eigenvalue weighted by molar-refractivity contribution is 5.69. The third-order valence-corrected chi connectivity index (χ3v) is 4.35. The number of para-hydroxylation sites is 1. The number of esters is 1. The standard InChI is InChI=1S/C22H29NO3/c1-2-26-22(25)14-8-9-16-23(18-19-10-4-3-5-11-19)17-15-20-12-6-7-13-21(20)24/h3-7,10-13,24H,2,8-9,14-18H2,1H3. The number of aromatic hydroxyl groups is 1. The topological polar surface area (TPSA) is 49.8 Å². The molecule has 0 heterocycles. The summed E-state index contributed by atoms with van der Waals surface area (Å²) < 4.78 is 4.98. The van der Waals surface area contributed by atoms with Crippen molar-refractivity contribution >= 4 is 5.97 Å². The summed E-state index contributed by atoms with van der Waals surface area (Å²) in [5.41, 5.74) is 2.24. The molecule has 0 fully saturated rings. The Morgan fingerprint density at radius 2 is 1.73 bits per heavy atom. The molecular formula is C22H29NO3. The molecule has 0 aromatic heterocycles. The van der Waals surface area contributed by atoms with E-state index in [-0.39, 0.29) is 5.97 Å². The summed E-state index contributed by atoms with van der Waals surface area (Å²) in [5, 5.41) is 9.97. The fraction of sp³-hybridized carbons (Fsp3) is 0.409. The van der Waals surface area contributed by atoms with Crippen LogP contribution in [0.25, 0.3) is 0 Å². The predicted molar refractivity (Wildman–Crippen MR) is 104 cm³/mol. The van der Waals surface area contributed by atoms with Gasteiger partial charge in [-0.2, -0.15) is 0 Å². The number of phenolic OH excluding ortho intramolecular Hbond substituents is 1. The Hall–Kier alpha value is -2.33. The number of rotatable bonds is 11. The van der Waals surface area contributed by atoms with Crippen LogP contribution in [0.15, 0.2) is 54.6 Å². The SMILES string of the molecule is CCOC(=O)CCCCN(CCc1ccccc1O)Cc1ccccc1. The third kappa shape index (κ3) is 7.28. The van der Waals surface area contributed by atoms with Crippen LogP contribution in [0.4, 0.5) is 0 Å². The number of nitrogens with zero attached hydrogens (tertiary/aromatic N) is 1. The fourth-order valence-corrected chi connectivity index (χ4v) is 2.95. The molecule has 4 nitrogen and oxygen atoms in total. The highest BCUT2D eigenvalue weighted by Crippen LogP contribution is 2.17. The van der Waals surface area contributed by atoms with Gasteiger partial charge in [0, 0.05) is 19.5 Å². The molecule has 0 saturated heterocycles. The van der Waals surface area contributed by atoms with Gasteiger partial charge in [-0.3, -0.25) is 9.69 Å². The molecule has 0 aliphatic carbocycles. The van der Waals surface area contributed by atoms with Gasteiger partial charge in [0.1, 0.15) is 5.75 Å². The van der Waals surface area contributed by atoms with Gasteiger partial charge in [-0.15, -0.1) is 0 Å². The van der Waals surface area contributed by atoms with Crippen molar-refractivity contribution in [1.82, 2.24) is 4.90 Å². The predicted octanol–water partition coefficient (Wildman–Crippen LogP) is 4.17. The second kappa shape index (κ2) is 11.3. The molecule has 0 unspecified atom stereocenters. The van der Waals surface area contributed by atoms with Crippen molar-refractivity contribution in [1.29, 1.82) is 0 Å². The maximum atomic E-state index is 11.5. The van der Waals surface area contributed by atoms with Gasteiger partial charge < -0.3 is 9.84 Å². The van der Waals surface area contributed by atoms with Crippen LogP contribution in [0.3, 0.4) is 0 Å². The third-order valence-electron chi connectivity index (χ3n) is 4.35. The largest absolute Gasteiger partial charge is 0.508 e. The molecule has 0 saturated carbocycles. The maximum absolute atomic E-state index is 11.5. The molecule has 1 N–H and O–H groups in total. The zero-order chi connectivity index (χ0) is 18.6. The summed E-state index contributed by atoms with van der Waals surface area (Å²) in [5.74, 6) is 0.241. The van der Waals surface area contributed by atoms with Gasteiger partial charge in [-0.05, 0) is 49.9 Å². The Morgan fingerprint density at radius 1 is 1.00 bits per heavy atom. The monoisotopic (exact) mass is 355 g/mol. The Labute approximate surface area is 156 Å². The molecule has 0 spiro atoms. The smallest absolute Gasteiger partial charge is 0.305 e. The van der Waals surface area contributed by atoms with E-state index in [1.807, 2.05) is 31.2 Å². The fourth-order valence-electron chi connectivity index (χ4n) is 2.95. The quantitative estimate of drug-likeness (QED) is 0.485. The molecule has 0 amide bonds. The highest BCUT2D eigenvalue weighted by atomic mass is 16.5. The maximum Gasteiger partial charge on any atom is 0.305 e. The van der Waals surface area contributed by atoms with Crippen molar-refractivity contribution in [3.63, 3.8) is 0 Å². The molecule has 0 radical (unpaired) electrons. The molecular weight excluding hydrogens is 326 g/mol. The van der Waals surface area contributed by atoms with Crippen molar-refractivity contribution in [3.05, 3.63) is 65.7 Å². The first-order valence-corrected chi connectivity index (χ1v) is 9.38. The van der Waals surface area contributed by atoms with E-state index < -0.39 is 0 Å². The number of hydrogen-bond donors (Lipinski definition) is 1. The summed E-state index contributed by atoms with van der Waals surface area (Å²) in [4.78, 5) is 13.8. The van der Waals surface area contributed by atoms with E-state index in [2.05, 4.69) is 29.2 Å². The van der Waals surface area contributed by atoms with Crippen molar-refractivity contribution < 1.29 is 14.6 Å². The molecule has 140 valence electrons. The summed E-state index contributed by atoms with van der Waals surface area (Å²) in [6, 6.07) is 17.9. The summed E-state index contributed by atoms with van der Waals surface area (Å²) >= 11 is 0. The number of hydrogen-bond acceptors (Lipinski definition) is 4. The lowest BCUT2D eigenvalue weighted by molar-refractivity contribution is -0.143. The summed E-state index contributed by atoms with van der Waals surface area (Å²) in [6.07, 6.45) is 3.07. The number of ether oxygens (including phenoxy) is 1. The molecule has 26 heavy (non-hydrogen) atoms. The Kier molecular flexibility index (Phi) is 8.70. The first kappa shape index (κ1) is 20.0. The lowest BCUT2D eigenvalue weighted by Crippen LogP contribution is -2.27. The molecule has 0 bridgehead atoms. The highest BCUT2D eigenvalue weighted by Gasteiger charge is 2.09. The number of carbonyl (C=O) groups is 1. The molecule has 0 atom stereocenters. The molecule has 2 aromatic rings. The van der Waals surface area contributed by atoms with Gasteiger partial charge >= 0.3 is 5.97 Å². The van der Waals surface area contributed by atoms with E-state index in [4.69, 9.17) is 4.74 Å². The zero-order valence-corrected chi connectivity index (χ0v) is 15.6. The minimum atomic E-state index is -0.115. The van der Waals surface area contributed by atoms with E-state index in [0.717, 1.165) is 44.5 Å². The minimum absolute atomic E-state index is 0.115. The molecule has 0 aliphatic rings. The van der Waals surface area contributed by atoms with Gasteiger partial charge in [0.15, 0.2) is 0 Å². The van der Waals surface area contributed by atoms with Crippen molar-refractivity contribution in [2.24, 2.45) is 0 Å². The van der Waals surface area contributed by atoms with Gasteiger partial charge in [0.25, 0.3) is 0 Å². The van der Waals surface area contributed by atoms with E-state index in [1.54, 1.807) is 6.07 Å². The van der Waals surface area contributed by atoms with Gasteiger partial charge in [-0.25, -0.2) is 0 Å². The number of benzene rings is 2. The second-order valence-corrected chi connectivity index (χ2v) is 6.40. The first-order valence-electron chi connectivity index (χ1n) is 9.38. The van der Waals surface area contributed by atoms with Crippen LogP contribution in [0.5, 0.6) is 5.75 Å². The minimum Gasteiger partial charge on any atom is -0.508 e. The van der Waals surface area contributed by atoms with Crippen molar-refractivity contribution in [2.45, 2.75) is 39.2 Å². The average Bonchev–Trinajstić information content (AvgIpc) is 2.65. The van der Waals surface area contributed by atoms with E-state index >= 15 is 0 Å². The van der Waals surface area contributed by atoms with E-state index in [0.29, 0.717) is 18.8 Å². The van der Waals surface area contributed by atoms with Crippen LogP contribution < -0.4 is 0 Å². The molecule has 2 aromatic carbocycles. The van der Waals surface area contributed by atoms with Crippen LogP contribution >= 0.6 is 0 Å².